The summed E-state index contributed by atoms with van der Waals surface area (Å²) < 4.78 is 15.6. The molecule has 2 aromatic rings. The number of benzene rings is 1. The minimum atomic E-state index is -0.348. The molecule has 0 aliphatic carbocycles. The predicted octanol–water partition coefficient (Wildman–Crippen LogP) is 3.28. The van der Waals surface area contributed by atoms with Crippen LogP contribution >= 0.6 is 15.9 Å². The molecule has 0 fully saturated rings. The number of halogens is 2. The van der Waals surface area contributed by atoms with Gasteiger partial charge in [0, 0.05) is 11.8 Å². The van der Waals surface area contributed by atoms with Gasteiger partial charge in [0.25, 0.3) is 0 Å². The summed E-state index contributed by atoms with van der Waals surface area (Å²) in [4.78, 5) is 0. The second-order valence-corrected chi connectivity index (χ2v) is 4.89. The number of aryl methyl sites for hydroxylation is 1. The van der Waals surface area contributed by atoms with Gasteiger partial charge in [-0.05, 0) is 48.3 Å². The van der Waals surface area contributed by atoms with Crippen molar-refractivity contribution in [3.8, 4) is 5.69 Å². The van der Waals surface area contributed by atoms with Crippen molar-refractivity contribution in [1.29, 1.82) is 0 Å². The van der Waals surface area contributed by atoms with Gasteiger partial charge in [-0.3, -0.25) is 0 Å². The fraction of sp³-hybridized carbons (Fsp3) is 0.250. The molecule has 1 aromatic carbocycles. The normalized spacial score (nSPS) is 10.9. The van der Waals surface area contributed by atoms with Crippen LogP contribution in [0.3, 0.4) is 0 Å². The van der Waals surface area contributed by atoms with Gasteiger partial charge in [0.1, 0.15) is 5.82 Å². The van der Waals surface area contributed by atoms with Crippen LogP contribution in [0.25, 0.3) is 5.69 Å². The number of aromatic nitrogens is 2. The zero-order chi connectivity index (χ0) is 12.7. The Balaban J connectivity index is 2.68. The lowest BCUT2D eigenvalue weighted by Crippen LogP contribution is -2.04. The van der Waals surface area contributed by atoms with Crippen molar-refractivity contribution in [1.82, 2.24) is 9.78 Å². The Kier molecular flexibility index (Phi) is 2.95. The highest BCUT2D eigenvalue weighted by Crippen LogP contribution is 2.27. The average molecular weight is 298 g/mol. The van der Waals surface area contributed by atoms with Gasteiger partial charge in [-0.1, -0.05) is 0 Å². The van der Waals surface area contributed by atoms with E-state index in [0.29, 0.717) is 15.8 Å². The monoisotopic (exact) mass is 297 g/mol. The Morgan fingerprint density at radius 2 is 1.94 bits per heavy atom. The van der Waals surface area contributed by atoms with E-state index in [4.69, 9.17) is 5.73 Å². The number of anilines is 1. The smallest absolute Gasteiger partial charge is 0.139 e. The topological polar surface area (TPSA) is 43.8 Å². The lowest BCUT2D eigenvalue weighted by molar-refractivity contribution is 0.618. The van der Waals surface area contributed by atoms with Gasteiger partial charge in [0.2, 0.25) is 0 Å². The minimum Gasteiger partial charge on any atom is -0.397 e. The molecule has 1 heterocycles. The quantitative estimate of drug-likeness (QED) is 0.821. The summed E-state index contributed by atoms with van der Waals surface area (Å²) >= 11 is 3.11. The van der Waals surface area contributed by atoms with E-state index < -0.39 is 0 Å². The van der Waals surface area contributed by atoms with Crippen LogP contribution in [-0.4, -0.2) is 9.78 Å². The fourth-order valence-electron chi connectivity index (χ4n) is 1.69. The molecule has 0 aliphatic rings. The standard InChI is InChI=1S/C12H13BrFN3/c1-6-7(2)16-17(8(6)3)12-5-10(14)9(13)4-11(12)15/h4-5H,15H2,1-3H3. The molecule has 90 valence electrons. The third-order valence-electron chi connectivity index (χ3n) is 2.95. The number of nitrogens with zero attached hydrogens (tertiary/aromatic N) is 2. The third kappa shape index (κ3) is 1.95. The van der Waals surface area contributed by atoms with Crippen molar-refractivity contribution >= 4 is 21.6 Å². The summed E-state index contributed by atoms with van der Waals surface area (Å²) in [6.45, 7) is 5.85. The van der Waals surface area contributed by atoms with Crippen molar-refractivity contribution in [2.24, 2.45) is 0 Å². The summed E-state index contributed by atoms with van der Waals surface area (Å²) in [7, 11) is 0. The van der Waals surface area contributed by atoms with E-state index in [1.807, 2.05) is 20.8 Å². The van der Waals surface area contributed by atoms with Gasteiger partial charge in [-0.15, -0.1) is 0 Å². The van der Waals surface area contributed by atoms with Crippen LogP contribution in [0.5, 0.6) is 0 Å². The molecule has 0 atom stereocenters. The number of nitrogen functional groups attached to an aromatic ring is 1. The first-order chi connectivity index (χ1) is 7.91. The highest BCUT2D eigenvalue weighted by atomic mass is 79.9. The van der Waals surface area contributed by atoms with Crippen LogP contribution in [0.2, 0.25) is 0 Å². The molecule has 0 saturated heterocycles. The molecule has 0 amide bonds. The average Bonchev–Trinajstić information content (AvgIpc) is 2.51. The lowest BCUT2D eigenvalue weighted by atomic mass is 10.2. The molecule has 17 heavy (non-hydrogen) atoms. The van der Waals surface area contributed by atoms with E-state index >= 15 is 0 Å². The Morgan fingerprint density at radius 3 is 2.47 bits per heavy atom. The Morgan fingerprint density at radius 1 is 1.29 bits per heavy atom. The molecule has 0 bridgehead atoms. The van der Waals surface area contributed by atoms with Gasteiger partial charge in [0.05, 0.1) is 21.5 Å². The Hall–Kier alpha value is -1.36. The number of rotatable bonds is 1. The van der Waals surface area contributed by atoms with Crippen LogP contribution < -0.4 is 5.73 Å². The van der Waals surface area contributed by atoms with Gasteiger partial charge in [-0.25, -0.2) is 9.07 Å². The molecule has 3 nitrogen and oxygen atoms in total. The van der Waals surface area contributed by atoms with Gasteiger partial charge < -0.3 is 5.73 Å². The molecule has 2 N–H and O–H groups in total. The number of hydrogen-bond donors (Lipinski definition) is 1. The van der Waals surface area contributed by atoms with E-state index in [2.05, 4.69) is 21.0 Å². The van der Waals surface area contributed by atoms with Crippen LogP contribution in [0.1, 0.15) is 17.0 Å². The molecule has 0 aliphatic heterocycles. The largest absolute Gasteiger partial charge is 0.397 e. The first-order valence-electron chi connectivity index (χ1n) is 5.19. The zero-order valence-corrected chi connectivity index (χ0v) is 11.5. The molecule has 2 rings (SSSR count). The van der Waals surface area contributed by atoms with E-state index in [-0.39, 0.29) is 5.82 Å². The van der Waals surface area contributed by atoms with Gasteiger partial charge >= 0.3 is 0 Å². The van der Waals surface area contributed by atoms with E-state index in [1.54, 1.807) is 10.7 Å². The summed E-state index contributed by atoms with van der Waals surface area (Å²) in [5, 5.41) is 4.37. The molecule has 0 saturated carbocycles. The number of hydrogen-bond acceptors (Lipinski definition) is 2. The summed E-state index contributed by atoms with van der Waals surface area (Å²) in [6, 6.07) is 2.94. The molecule has 5 heteroatoms. The Labute approximate surface area is 108 Å². The SMILES string of the molecule is Cc1nn(-c2cc(F)c(Br)cc2N)c(C)c1C. The maximum absolute atomic E-state index is 13.5. The van der Waals surface area contributed by atoms with Crippen LogP contribution in [0.4, 0.5) is 10.1 Å². The highest BCUT2D eigenvalue weighted by Gasteiger charge is 2.13. The van der Waals surface area contributed by atoms with Crippen molar-refractivity contribution in [2.45, 2.75) is 20.8 Å². The van der Waals surface area contributed by atoms with Crippen molar-refractivity contribution in [3.63, 3.8) is 0 Å². The zero-order valence-electron chi connectivity index (χ0n) is 9.88. The molecule has 0 radical (unpaired) electrons. The fourth-order valence-corrected chi connectivity index (χ4v) is 2.05. The third-order valence-corrected chi connectivity index (χ3v) is 3.56. The van der Waals surface area contributed by atoms with Crippen molar-refractivity contribution in [2.75, 3.05) is 5.73 Å². The molecule has 0 unspecified atom stereocenters. The van der Waals surface area contributed by atoms with Crippen LogP contribution in [0, 0.1) is 26.6 Å². The van der Waals surface area contributed by atoms with Crippen molar-refractivity contribution < 1.29 is 4.39 Å². The van der Waals surface area contributed by atoms with E-state index in [1.165, 1.54) is 6.07 Å². The lowest BCUT2D eigenvalue weighted by Gasteiger charge is -2.09. The van der Waals surface area contributed by atoms with Crippen LogP contribution in [0.15, 0.2) is 16.6 Å². The van der Waals surface area contributed by atoms with Gasteiger partial charge in [-0.2, -0.15) is 5.10 Å². The second-order valence-electron chi connectivity index (χ2n) is 4.03. The predicted molar refractivity (Wildman–Crippen MR) is 69.8 cm³/mol. The molecule has 0 spiro atoms. The minimum absolute atomic E-state index is 0.348. The molecular weight excluding hydrogens is 285 g/mol. The maximum atomic E-state index is 13.5. The number of nitrogens with two attached hydrogens (primary N) is 1. The van der Waals surface area contributed by atoms with E-state index in [9.17, 15) is 4.39 Å². The Bertz CT molecular complexity index is 590. The summed E-state index contributed by atoms with van der Waals surface area (Å²) in [6.07, 6.45) is 0. The molecular formula is C12H13BrFN3. The first-order valence-corrected chi connectivity index (χ1v) is 5.99. The summed E-state index contributed by atoms with van der Waals surface area (Å²) in [5.41, 5.74) is 9.93. The highest BCUT2D eigenvalue weighted by molar-refractivity contribution is 9.10. The first kappa shape index (κ1) is 12.1. The van der Waals surface area contributed by atoms with Gasteiger partial charge in [0.15, 0.2) is 0 Å². The van der Waals surface area contributed by atoms with Crippen molar-refractivity contribution in [3.05, 3.63) is 39.4 Å². The molecule has 1 aromatic heterocycles. The van der Waals surface area contributed by atoms with E-state index in [0.717, 1.165) is 17.0 Å². The summed E-state index contributed by atoms with van der Waals surface area (Å²) in [5.74, 6) is -0.348. The second kappa shape index (κ2) is 4.14. The maximum Gasteiger partial charge on any atom is 0.139 e. The van der Waals surface area contributed by atoms with Crippen LogP contribution in [-0.2, 0) is 0 Å².